The van der Waals surface area contributed by atoms with Crippen LogP contribution in [0.15, 0.2) is 36.8 Å². The minimum Gasteiger partial charge on any atom is -0.444 e. The molecule has 34 heavy (non-hydrogen) atoms. The summed E-state index contributed by atoms with van der Waals surface area (Å²) in [5.74, 6) is 1.52. The summed E-state index contributed by atoms with van der Waals surface area (Å²) in [6, 6.07) is 5.65. The molecule has 0 bridgehead atoms. The molecule has 2 aliphatic rings. The average Bonchev–Trinajstić information content (AvgIpc) is 3.22. The summed E-state index contributed by atoms with van der Waals surface area (Å²) in [7, 11) is 0. The molecule has 3 aromatic rings. The first kappa shape index (κ1) is 22.8. The number of carbonyl (C=O) groups is 1. The number of aromatic nitrogens is 4. The number of hydrogen-bond donors (Lipinski definition) is 0. The van der Waals surface area contributed by atoms with Gasteiger partial charge in [0.1, 0.15) is 16.6 Å². The van der Waals surface area contributed by atoms with Gasteiger partial charge in [0.2, 0.25) is 0 Å². The number of hydrogen-bond acceptors (Lipinski definition) is 7. The van der Waals surface area contributed by atoms with Crippen molar-refractivity contribution >= 4 is 34.4 Å². The zero-order valence-corrected chi connectivity index (χ0v) is 20.5. The Morgan fingerprint density at radius 1 is 1.09 bits per heavy atom. The molecular weight excluding hydrogens is 452 g/mol. The Bertz CT molecular complexity index is 1210. The van der Waals surface area contributed by atoms with E-state index in [9.17, 15) is 4.79 Å². The van der Waals surface area contributed by atoms with Crippen LogP contribution in [0.5, 0.6) is 0 Å². The topological polar surface area (TPSA) is 84.3 Å². The highest BCUT2D eigenvalue weighted by Crippen LogP contribution is 2.42. The second-order valence-corrected chi connectivity index (χ2v) is 10.7. The highest BCUT2D eigenvalue weighted by molar-refractivity contribution is 6.30. The number of nitrogens with zero attached hydrogens (tertiary/aromatic N) is 6. The lowest BCUT2D eigenvalue weighted by Gasteiger charge is -2.40. The Balaban J connectivity index is 1.38. The van der Waals surface area contributed by atoms with Crippen LogP contribution >= 0.6 is 11.6 Å². The van der Waals surface area contributed by atoms with Gasteiger partial charge in [-0.15, -0.1) is 0 Å². The largest absolute Gasteiger partial charge is 0.444 e. The second-order valence-electron chi connectivity index (χ2n) is 10.3. The fourth-order valence-electron chi connectivity index (χ4n) is 4.88. The van der Waals surface area contributed by atoms with E-state index in [1.165, 1.54) is 0 Å². The van der Waals surface area contributed by atoms with Crippen LogP contribution in [0.1, 0.15) is 40.0 Å². The van der Waals surface area contributed by atoms with Crippen LogP contribution in [0.25, 0.3) is 22.3 Å². The first-order chi connectivity index (χ1) is 16.2. The summed E-state index contributed by atoms with van der Waals surface area (Å²) < 4.78 is 5.60. The summed E-state index contributed by atoms with van der Waals surface area (Å²) in [5, 5.41) is 1.32. The molecule has 5 heterocycles. The molecule has 9 heteroatoms. The molecule has 1 amide bonds. The van der Waals surface area contributed by atoms with Gasteiger partial charge in [-0.2, -0.15) is 0 Å². The minimum atomic E-state index is -0.479. The Morgan fingerprint density at radius 2 is 1.79 bits per heavy atom. The molecule has 2 saturated heterocycles. The normalized spacial score (nSPS) is 18.0. The Morgan fingerprint density at radius 3 is 2.50 bits per heavy atom. The molecule has 3 aromatic heterocycles. The standard InChI is InChI=1S/C25H29ClN6O2/c1-24(2,3)34-23(33)32-13-8-25(16-32)6-11-31(12-7-25)22-18-14-20(26)28-15-19(18)29-21(30-22)17-4-9-27-10-5-17/h4-5,9-10,14-15H,6-8,11-13,16H2,1-3H3. The van der Waals surface area contributed by atoms with Crippen molar-refractivity contribution in [3.05, 3.63) is 41.9 Å². The van der Waals surface area contributed by atoms with E-state index in [-0.39, 0.29) is 11.5 Å². The molecule has 2 aliphatic heterocycles. The first-order valence-electron chi connectivity index (χ1n) is 11.7. The lowest BCUT2D eigenvalue weighted by molar-refractivity contribution is 0.0266. The van der Waals surface area contributed by atoms with E-state index >= 15 is 0 Å². The smallest absolute Gasteiger partial charge is 0.410 e. The first-order valence-corrected chi connectivity index (χ1v) is 12.1. The van der Waals surface area contributed by atoms with Crippen LogP contribution < -0.4 is 4.90 Å². The van der Waals surface area contributed by atoms with Crippen molar-refractivity contribution in [2.45, 2.75) is 45.6 Å². The third-order valence-corrected chi connectivity index (χ3v) is 6.89. The fraction of sp³-hybridized carbons (Fsp3) is 0.480. The number of anilines is 1. The van der Waals surface area contributed by atoms with E-state index in [0.29, 0.717) is 11.0 Å². The second kappa shape index (κ2) is 8.65. The number of pyridine rings is 2. The minimum absolute atomic E-state index is 0.128. The molecular formula is C25H29ClN6O2. The van der Waals surface area contributed by atoms with Crippen LogP contribution in [-0.4, -0.2) is 62.7 Å². The highest BCUT2D eigenvalue weighted by Gasteiger charge is 2.43. The van der Waals surface area contributed by atoms with Crippen LogP contribution in [0.4, 0.5) is 10.6 Å². The molecule has 1 spiro atoms. The van der Waals surface area contributed by atoms with Crippen molar-refractivity contribution < 1.29 is 9.53 Å². The van der Waals surface area contributed by atoms with E-state index in [1.807, 2.05) is 43.9 Å². The number of rotatable bonds is 2. The average molecular weight is 481 g/mol. The molecule has 0 radical (unpaired) electrons. The van der Waals surface area contributed by atoms with Gasteiger partial charge in [-0.05, 0) is 63.6 Å². The van der Waals surface area contributed by atoms with Crippen LogP contribution in [0.2, 0.25) is 5.15 Å². The number of halogens is 1. The van der Waals surface area contributed by atoms with Gasteiger partial charge >= 0.3 is 6.09 Å². The monoisotopic (exact) mass is 480 g/mol. The zero-order valence-electron chi connectivity index (χ0n) is 19.8. The molecule has 0 aliphatic carbocycles. The lowest BCUT2D eigenvalue weighted by atomic mass is 9.78. The molecule has 0 unspecified atom stereocenters. The maximum Gasteiger partial charge on any atom is 0.410 e. The number of fused-ring (bicyclic) bond motifs is 1. The number of likely N-dealkylation sites (tertiary alicyclic amines) is 1. The van der Waals surface area contributed by atoms with Gasteiger partial charge in [0.25, 0.3) is 0 Å². The summed E-state index contributed by atoms with van der Waals surface area (Å²) in [6.07, 6.45) is 7.95. The molecule has 178 valence electrons. The third kappa shape index (κ3) is 4.64. The summed E-state index contributed by atoms with van der Waals surface area (Å²) in [6.45, 7) is 8.92. The number of amides is 1. The maximum atomic E-state index is 12.6. The molecule has 0 saturated carbocycles. The number of carbonyl (C=O) groups excluding carboxylic acids is 1. The molecule has 2 fully saturated rings. The van der Waals surface area contributed by atoms with E-state index in [0.717, 1.165) is 67.7 Å². The van der Waals surface area contributed by atoms with Crippen LogP contribution in [0, 0.1) is 5.41 Å². The van der Waals surface area contributed by atoms with Crippen LogP contribution in [-0.2, 0) is 4.74 Å². The molecule has 8 nitrogen and oxygen atoms in total. The Kier molecular flexibility index (Phi) is 5.80. The van der Waals surface area contributed by atoms with E-state index in [1.54, 1.807) is 18.6 Å². The van der Waals surface area contributed by atoms with Crippen molar-refractivity contribution in [3.8, 4) is 11.4 Å². The lowest BCUT2D eigenvalue weighted by Crippen LogP contribution is -2.43. The van der Waals surface area contributed by atoms with Crippen molar-refractivity contribution in [2.75, 3.05) is 31.1 Å². The van der Waals surface area contributed by atoms with E-state index < -0.39 is 5.60 Å². The van der Waals surface area contributed by atoms with Crippen molar-refractivity contribution in [3.63, 3.8) is 0 Å². The van der Waals surface area contributed by atoms with Crippen LogP contribution in [0.3, 0.4) is 0 Å². The summed E-state index contributed by atoms with van der Waals surface area (Å²) >= 11 is 6.23. The quantitative estimate of drug-likeness (QED) is 0.479. The van der Waals surface area contributed by atoms with Gasteiger partial charge in [-0.3, -0.25) is 4.98 Å². The summed E-state index contributed by atoms with van der Waals surface area (Å²) in [5.41, 5.74) is 1.32. The predicted molar refractivity (Wildman–Crippen MR) is 132 cm³/mol. The van der Waals surface area contributed by atoms with Crippen molar-refractivity contribution in [1.29, 1.82) is 0 Å². The van der Waals surface area contributed by atoms with Gasteiger partial charge in [0, 0.05) is 49.5 Å². The molecule has 0 N–H and O–H groups in total. The zero-order chi connectivity index (χ0) is 23.9. The fourth-order valence-corrected chi connectivity index (χ4v) is 5.04. The van der Waals surface area contributed by atoms with Gasteiger partial charge in [0.15, 0.2) is 5.82 Å². The Labute approximate surface area is 204 Å². The highest BCUT2D eigenvalue weighted by atomic mass is 35.5. The van der Waals surface area contributed by atoms with E-state index in [4.69, 9.17) is 26.3 Å². The maximum absolute atomic E-state index is 12.6. The molecule has 0 aromatic carbocycles. The summed E-state index contributed by atoms with van der Waals surface area (Å²) in [4.78, 5) is 34.8. The number of piperidine rings is 1. The van der Waals surface area contributed by atoms with Gasteiger partial charge in [-0.25, -0.2) is 19.7 Å². The van der Waals surface area contributed by atoms with Crippen molar-refractivity contribution in [1.82, 2.24) is 24.8 Å². The van der Waals surface area contributed by atoms with Gasteiger partial charge in [0.05, 0.1) is 11.7 Å². The molecule has 5 rings (SSSR count). The van der Waals surface area contributed by atoms with Gasteiger partial charge in [-0.1, -0.05) is 11.6 Å². The van der Waals surface area contributed by atoms with E-state index in [2.05, 4.69) is 14.9 Å². The predicted octanol–water partition coefficient (Wildman–Crippen LogP) is 4.97. The van der Waals surface area contributed by atoms with Crippen molar-refractivity contribution in [2.24, 2.45) is 5.41 Å². The van der Waals surface area contributed by atoms with Gasteiger partial charge < -0.3 is 14.5 Å². The third-order valence-electron chi connectivity index (χ3n) is 6.68. The molecule has 0 atom stereocenters. The number of ether oxygens (including phenoxy) is 1. The Hall–Kier alpha value is -3.00. The SMILES string of the molecule is CC(C)(C)OC(=O)N1CCC2(CCN(c3nc(-c4ccncc4)nc4cnc(Cl)cc34)CC2)C1.